The Morgan fingerprint density at radius 3 is 2.71 bits per heavy atom. The van der Waals surface area contributed by atoms with Crippen molar-refractivity contribution in [2.24, 2.45) is 5.92 Å². The van der Waals surface area contributed by atoms with E-state index in [9.17, 15) is 9.18 Å². The van der Waals surface area contributed by atoms with E-state index in [0.29, 0.717) is 35.5 Å². The standard InChI is InChI=1S/C22H23BrFN5OS/c1-13-4-3-9-29(18(13)12-27-22-25-10-16(23)11-26-22)21(30)20-19(28-14(2)31-20)15-5-7-17(24)8-6-15/h5-8,10-11,13,18H,3-4,9,12H2,1-2H3,(H,25,26,27). The first kappa shape index (κ1) is 21.8. The normalized spacial score (nSPS) is 18.8. The summed E-state index contributed by atoms with van der Waals surface area (Å²) in [5.41, 5.74) is 1.37. The fraction of sp³-hybridized carbons (Fsp3) is 0.364. The average molecular weight is 504 g/mol. The molecule has 0 aliphatic carbocycles. The second-order valence-corrected chi connectivity index (χ2v) is 9.83. The van der Waals surface area contributed by atoms with Crippen LogP contribution >= 0.6 is 27.3 Å². The minimum absolute atomic E-state index is 0.0111. The molecule has 4 rings (SSSR count). The van der Waals surface area contributed by atoms with Crippen molar-refractivity contribution in [3.05, 3.63) is 56.8 Å². The molecule has 1 fully saturated rings. The van der Waals surface area contributed by atoms with Gasteiger partial charge >= 0.3 is 0 Å². The van der Waals surface area contributed by atoms with Crippen molar-refractivity contribution in [1.82, 2.24) is 19.9 Å². The zero-order chi connectivity index (χ0) is 22.0. The van der Waals surface area contributed by atoms with Crippen LogP contribution in [-0.4, -0.2) is 44.9 Å². The number of anilines is 1. The van der Waals surface area contributed by atoms with E-state index < -0.39 is 0 Å². The van der Waals surface area contributed by atoms with Crippen molar-refractivity contribution < 1.29 is 9.18 Å². The van der Waals surface area contributed by atoms with Crippen LogP contribution in [0.2, 0.25) is 0 Å². The van der Waals surface area contributed by atoms with Gasteiger partial charge in [-0.1, -0.05) is 6.92 Å². The largest absolute Gasteiger partial charge is 0.352 e. The summed E-state index contributed by atoms with van der Waals surface area (Å²) in [4.78, 5) is 29.3. The van der Waals surface area contributed by atoms with Crippen LogP contribution in [0.25, 0.3) is 11.3 Å². The Hall–Kier alpha value is -2.39. The first-order valence-corrected chi connectivity index (χ1v) is 11.8. The number of amides is 1. The molecule has 162 valence electrons. The maximum absolute atomic E-state index is 13.6. The third kappa shape index (κ3) is 4.93. The monoisotopic (exact) mass is 503 g/mol. The predicted octanol–water partition coefficient (Wildman–Crippen LogP) is 5.16. The Morgan fingerprint density at radius 2 is 2.00 bits per heavy atom. The number of piperidine rings is 1. The summed E-state index contributed by atoms with van der Waals surface area (Å²) in [6.07, 6.45) is 5.40. The summed E-state index contributed by atoms with van der Waals surface area (Å²) >= 11 is 4.73. The number of aromatic nitrogens is 3. The van der Waals surface area contributed by atoms with Crippen molar-refractivity contribution >= 4 is 39.1 Å². The van der Waals surface area contributed by atoms with Crippen LogP contribution in [0.3, 0.4) is 0 Å². The van der Waals surface area contributed by atoms with Crippen LogP contribution in [0, 0.1) is 18.7 Å². The molecule has 1 saturated heterocycles. The molecule has 0 saturated carbocycles. The number of aryl methyl sites for hydroxylation is 1. The minimum atomic E-state index is -0.310. The summed E-state index contributed by atoms with van der Waals surface area (Å²) in [5.74, 6) is 0.535. The Kier molecular flexibility index (Phi) is 6.62. The number of carbonyl (C=O) groups excluding carboxylic acids is 1. The number of benzene rings is 1. The quantitative estimate of drug-likeness (QED) is 0.520. The number of carbonyl (C=O) groups is 1. The average Bonchev–Trinajstić information content (AvgIpc) is 3.15. The molecule has 9 heteroatoms. The smallest absolute Gasteiger partial charge is 0.266 e. The summed E-state index contributed by atoms with van der Waals surface area (Å²) in [5, 5.41) is 4.09. The van der Waals surface area contributed by atoms with Gasteiger partial charge in [-0.15, -0.1) is 11.3 Å². The molecule has 0 spiro atoms. The van der Waals surface area contributed by atoms with Crippen molar-refractivity contribution in [1.29, 1.82) is 0 Å². The van der Waals surface area contributed by atoms with Crippen LogP contribution in [0.5, 0.6) is 0 Å². The lowest BCUT2D eigenvalue weighted by Crippen LogP contribution is -2.51. The lowest BCUT2D eigenvalue weighted by Gasteiger charge is -2.40. The molecule has 2 unspecified atom stereocenters. The van der Waals surface area contributed by atoms with E-state index in [1.54, 1.807) is 24.5 Å². The number of hydrogen-bond acceptors (Lipinski definition) is 6. The van der Waals surface area contributed by atoms with Crippen LogP contribution in [0.1, 0.15) is 34.4 Å². The van der Waals surface area contributed by atoms with Gasteiger partial charge in [0.1, 0.15) is 10.7 Å². The number of halogens is 2. The first-order chi connectivity index (χ1) is 14.9. The SMILES string of the molecule is Cc1nc(-c2ccc(F)cc2)c(C(=O)N2CCCC(C)C2CNc2ncc(Br)cn2)s1. The second-order valence-electron chi connectivity index (χ2n) is 7.71. The van der Waals surface area contributed by atoms with E-state index >= 15 is 0 Å². The number of hydrogen-bond donors (Lipinski definition) is 1. The van der Waals surface area contributed by atoms with Gasteiger partial charge in [0.05, 0.1) is 21.2 Å². The fourth-order valence-corrected chi connectivity index (χ4v) is 5.02. The Bertz CT molecular complexity index is 1060. The van der Waals surface area contributed by atoms with Crippen LogP contribution in [0.4, 0.5) is 10.3 Å². The van der Waals surface area contributed by atoms with Gasteiger partial charge in [0.15, 0.2) is 0 Å². The molecule has 3 aromatic rings. The number of nitrogens with one attached hydrogen (secondary N) is 1. The van der Waals surface area contributed by atoms with Gasteiger partial charge in [-0.3, -0.25) is 4.79 Å². The highest BCUT2D eigenvalue weighted by Crippen LogP contribution is 2.32. The minimum Gasteiger partial charge on any atom is -0.352 e. The molecule has 31 heavy (non-hydrogen) atoms. The lowest BCUT2D eigenvalue weighted by atomic mass is 9.90. The van der Waals surface area contributed by atoms with Crippen molar-refractivity contribution in [3.63, 3.8) is 0 Å². The molecule has 1 amide bonds. The van der Waals surface area contributed by atoms with Gasteiger partial charge in [0.2, 0.25) is 5.95 Å². The van der Waals surface area contributed by atoms with Crippen LogP contribution < -0.4 is 5.32 Å². The number of thiazole rings is 1. The molecule has 1 aromatic carbocycles. The van der Waals surface area contributed by atoms with Gasteiger partial charge < -0.3 is 10.2 Å². The summed E-state index contributed by atoms with van der Waals surface area (Å²) in [7, 11) is 0. The number of rotatable bonds is 5. The highest BCUT2D eigenvalue weighted by molar-refractivity contribution is 9.10. The van der Waals surface area contributed by atoms with Gasteiger partial charge in [0, 0.05) is 31.0 Å². The van der Waals surface area contributed by atoms with Crippen molar-refractivity contribution in [2.75, 3.05) is 18.4 Å². The Labute approximate surface area is 193 Å². The van der Waals surface area contributed by atoms with E-state index in [4.69, 9.17) is 0 Å². The predicted molar refractivity (Wildman–Crippen MR) is 124 cm³/mol. The zero-order valence-electron chi connectivity index (χ0n) is 17.3. The summed E-state index contributed by atoms with van der Waals surface area (Å²) in [6, 6.07) is 6.14. The number of nitrogens with zero attached hydrogens (tertiary/aromatic N) is 4. The zero-order valence-corrected chi connectivity index (χ0v) is 19.7. The van der Waals surface area contributed by atoms with Gasteiger partial charge in [-0.25, -0.2) is 19.3 Å². The third-order valence-electron chi connectivity index (χ3n) is 5.51. The molecule has 2 atom stereocenters. The van der Waals surface area contributed by atoms with E-state index in [2.05, 4.69) is 43.1 Å². The van der Waals surface area contributed by atoms with E-state index in [-0.39, 0.29) is 17.8 Å². The van der Waals surface area contributed by atoms with Gasteiger partial charge in [-0.2, -0.15) is 0 Å². The lowest BCUT2D eigenvalue weighted by molar-refractivity contribution is 0.0545. The first-order valence-electron chi connectivity index (χ1n) is 10.2. The second kappa shape index (κ2) is 9.40. The third-order valence-corrected chi connectivity index (χ3v) is 6.88. The molecule has 1 aliphatic heterocycles. The molecule has 1 aliphatic rings. The van der Waals surface area contributed by atoms with Crippen molar-refractivity contribution in [3.8, 4) is 11.3 Å². The summed E-state index contributed by atoms with van der Waals surface area (Å²) < 4.78 is 14.2. The van der Waals surface area contributed by atoms with Crippen LogP contribution in [-0.2, 0) is 0 Å². The molecular weight excluding hydrogens is 481 g/mol. The molecule has 1 N–H and O–H groups in total. The van der Waals surface area contributed by atoms with E-state index in [0.717, 1.165) is 27.9 Å². The molecular formula is C22H23BrFN5OS. The highest BCUT2D eigenvalue weighted by atomic mass is 79.9. The number of likely N-dealkylation sites (tertiary alicyclic amines) is 1. The molecule has 6 nitrogen and oxygen atoms in total. The maximum atomic E-state index is 13.6. The van der Waals surface area contributed by atoms with E-state index in [1.165, 1.54) is 23.5 Å². The molecule has 2 aromatic heterocycles. The molecule has 0 bridgehead atoms. The fourth-order valence-electron chi connectivity index (χ4n) is 3.92. The van der Waals surface area contributed by atoms with Gasteiger partial charge in [0.25, 0.3) is 5.91 Å². The molecule has 3 heterocycles. The maximum Gasteiger partial charge on any atom is 0.266 e. The van der Waals surface area contributed by atoms with Crippen LogP contribution in [0.15, 0.2) is 41.1 Å². The Balaban J connectivity index is 1.58. The summed E-state index contributed by atoms with van der Waals surface area (Å²) in [6.45, 7) is 5.32. The van der Waals surface area contributed by atoms with Gasteiger partial charge in [-0.05, 0) is 65.9 Å². The topological polar surface area (TPSA) is 71.0 Å². The van der Waals surface area contributed by atoms with Crippen molar-refractivity contribution in [2.45, 2.75) is 32.7 Å². The molecule has 0 radical (unpaired) electrons. The highest BCUT2D eigenvalue weighted by Gasteiger charge is 2.34. The Morgan fingerprint density at radius 1 is 1.29 bits per heavy atom. The van der Waals surface area contributed by atoms with E-state index in [1.807, 2.05) is 11.8 Å².